The van der Waals surface area contributed by atoms with Crippen molar-refractivity contribution in [3.63, 3.8) is 0 Å². The number of nitrogens with one attached hydrogen (secondary N) is 1. The van der Waals surface area contributed by atoms with Crippen LogP contribution in [0.2, 0.25) is 0 Å². The number of hydrogen-bond donors (Lipinski definition) is 1. The van der Waals surface area contributed by atoms with E-state index in [-0.39, 0.29) is 0 Å². The molecule has 1 aliphatic rings. The Labute approximate surface area is 125 Å². The van der Waals surface area contributed by atoms with Gasteiger partial charge in [-0.25, -0.2) is 0 Å². The SMILES string of the molecule is CCNC(CC1=CCCCC1)Cc1ccc(Br)cc1. The summed E-state index contributed by atoms with van der Waals surface area (Å²) in [7, 11) is 0. The zero-order valence-electron chi connectivity index (χ0n) is 11.8. The standard InChI is InChI=1S/C17H24BrN/c1-2-19-17(12-14-6-4-3-5-7-14)13-15-8-10-16(18)11-9-15/h6,8-11,17,19H,2-5,7,12-13H2,1H3. The summed E-state index contributed by atoms with van der Waals surface area (Å²) in [5.41, 5.74) is 3.08. The van der Waals surface area contributed by atoms with Crippen LogP contribution in [0.25, 0.3) is 0 Å². The van der Waals surface area contributed by atoms with E-state index in [0.717, 1.165) is 17.4 Å². The number of rotatable bonds is 6. The van der Waals surface area contributed by atoms with E-state index in [1.807, 2.05) is 0 Å². The van der Waals surface area contributed by atoms with Crippen LogP contribution < -0.4 is 5.32 Å². The van der Waals surface area contributed by atoms with Crippen molar-refractivity contribution < 1.29 is 0 Å². The Morgan fingerprint density at radius 2 is 1.95 bits per heavy atom. The molecule has 0 spiro atoms. The molecule has 0 saturated carbocycles. The molecule has 0 aromatic heterocycles. The first-order chi connectivity index (χ1) is 9.28. The largest absolute Gasteiger partial charge is 0.314 e. The molecule has 19 heavy (non-hydrogen) atoms. The van der Waals surface area contributed by atoms with Crippen LogP contribution in [0.5, 0.6) is 0 Å². The summed E-state index contributed by atoms with van der Waals surface area (Å²) in [6.07, 6.45) is 10.2. The lowest BCUT2D eigenvalue weighted by molar-refractivity contribution is 0.504. The highest BCUT2D eigenvalue weighted by Gasteiger charge is 2.12. The van der Waals surface area contributed by atoms with Gasteiger partial charge in [-0.2, -0.15) is 0 Å². The lowest BCUT2D eigenvalue weighted by Gasteiger charge is -2.21. The molecule has 0 fully saturated rings. The van der Waals surface area contributed by atoms with Crippen molar-refractivity contribution in [3.05, 3.63) is 46.0 Å². The fraction of sp³-hybridized carbons (Fsp3) is 0.529. The highest BCUT2D eigenvalue weighted by Crippen LogP contribution is 2.23. The zero-order valence-corrected chi connectivity index (χ0v) is 13.4. The number of allylic oxidation sites excluding steroid dienone is 1. The topological polar surface area (TPSA) is 12.0 Å². The van der Waals surface area contributed by atoms with Crippen LogP contribution in [0, 0.1) is 0 Å². The molecule has 104 valence electrons. The lowest BCUT2D eigenvalue weighted by atomic mass is 9.92. The van der Waals surface area contributed by atoms with Gasteiger partial charge in [0.15, 0.2) is 0 Å². The van der Waals surface area contributed by atoms with Crippen molar-refractivity contribution in [2.24, 2.45) is 0 Å². The van der Waals surface area contributed by atoms with E-state index in [9.17, 15) is 0 Å². The summed E-state index contributed by atoms with van der Waals surface area (Å²) in [6.45, 7) is 3.25. The maximum Gasteiger partial charge on any atom is 0.0175 e. The molecule has 0 bridgehead atoms. The summed E-state index contributed by atoms with van der Waals surface area (Å²) in [5.74, 6) is 0. The van der Waals surface area contributed by atoms with Gasteiger partial charge in [0.1, 0.15) is 0 Å². The molecule has 0 radical (unpaired) electrons. The summed E-state index contributed by atoms with van der Waals surface area (Å²) in [4.78, 5) is 0. The van der Waals surface area contributed by atoms with Gasteiger partial charge in [-0.15, -0.1) is 0 Å². The lowest BCUT2D eigenvalue weighted by Crippen LogP contribution is -2.31. The van der Waals surface area contributed by atoms with E-state index in [0.29, 0.717) is 6.04 Å². The number of halogens is 1. The Kier molecular flexibility index (Phi) is 6.12. The van der Waals surface area contributed by atoms with E-state index in [2.05, 4.69) is 58.5 Å². The smallest absolute Gasteiger partial charge is 0.0175 e. The van der Waals surface area contributed by atoms with E-state index in [4.69, 9.17) is 0 Å². The second kappa shape index (κ2) is 7.86. The van der Waals surface area contributed by atoms with Crippen LogP contribution in [0.4, 0.5) is 0 Å². The maximum atomic E-state index is 3.64. The molecule has 1 atom stereocenters. The zero-order chi connectivity index (χ0) is 13.5. The number of likely N-dealkylation sites (N-methyl/N-ethyl adjacent to an activating group) is 1. The Morgan fingerprint density at radius 1 is 1.16 bits per heavy atom. The van der Waals surface area contributed by atoms with Gasteiger partial charge in [0.2, 0.25) is 0 Å². The highest BCUT2D eigenvalue weighted by molar-refractivity contribution is 9.10. The van der Waals surface area contributed by atoms with Crippen LogP contribution in [0.15, 0.2) is 40.4 Å². The van der Waals surface area contributed by atoms with Crippen molar-refractivity contribution in [2.75, 3.05) is 6.54 Å². The van der Waals surface area contributed by atoms with Crippen LogP contribution in [0.3, 0.4) is 0 Å². The summed E-state index contributed by atoms with van der Waals surface area (Å²) in [5, 5.41) is 3.64. The van der Waals surface area contributed by atoms with E-state index >= 15 is 0 Å². The predicted octanol–water partition coefficient (Wildman–Crippen LogP) is 4.86. The molecular weight excluding hydrogens is 298 g/mol. The van der Waals surface area contributed by atoms with Crippen molar-refractivity contribution in [3.8, 4) is 0 Å². The van der Waals surface area contributed by atoms with Crippen molar-refractivity contribution >= 4 is 15.9 Å². The molecule has 1 nitrogen and oxygen atoms in total. The van der Waals surface area contributed by atoms with Gasteiger partial charge in [-0.05, 0) is 62.8 Å². The van der Waals surface area contributed by atoms with Gasteiger partial charge < -0.3 is 5.32 Å². The fourth-order valence-corrected chi connectivity index (χ4v) is 3.08. The molecule has 2 heteroatoms. The molecule has 1 aromatic carbocycles. The second-order valence-corrected chi connectivity index (χ2v) is 6.31. The molecule has 2 rings (SSSR count). The summed E-state index contributed by atoms with van der Waals surface area (Å²) < 4.78 is 1.16. The van der Waals surface area contributed by atoms with Crippen LogP contribution in [-0.2, 0) is 6.42 Å². The molecule has 0 heterocycles. The molecule has 1 aromatic rings. The van der Waals surface area contributed by atoms with Gasteiger partial charge in [-0.1, -0.05) is 46.6 Å². The minimum Gasteiger partial charge on any atom is -0.314 e. The predicted molar refractivity (Wildman–Crippen MR) is 86.5 cm³/mol. The third kappa shape index (κ3) is 5.12. The summed E-state index contributed by atoms with van der Waals surface area (Å²) >= 11 is 3.50. The Balaban J connectivity index is 1.95. The van der Waals surface area contributed by atoms with Gasteiger partial charge in [0, 0.05) is 10.5 Å². The quantitative estimate of drug-likeness (QED) is 0.738. The third-order valence-corrected chi connectivity index (χ3v) is 4.31. The Morgan fingerprint density at radius 3 is 2.58 bits per heavy atom. The van der Waals surface area contributed by atoms with E-state index in [1.54, 1.807) is 5.57 Å². The summed E-state index contributed by atoms with van der Waals surface area (Å²) in [6, 6.07) is 9.31. The van der Waals surface area contributed by atoms with Gasteiger partial charge in [0.25, 0.3) is 0 Å². The average molecular weight is 322 g/mol. The third-order valence-electron chi connectivity index (χ3n) is 3.78. The number of hydrogen-bond acceptors (Lipinski definition) is 1. The van der Waals surface area contributed by atoms with E-state index in [1.165, 1.54) is 37.7 Å². The van der Waals surface area contributed by atoms with E-state index < -0.39 is 0 Å². The Bertz CT molecular complexity index is 408. The molecule has 1 unspecified atom stereocenters. The average Bonchev–Trinajstić information content (AvgIpc) is 2.43. The molecule has 0 amide bonds. The number of benzene rings is 1. The first kappa shape index (κ1) is 14.8. The van der Waals surface area contributed by atoms with Gasteiger partial charge in [0.05, 0.1) is 0 Å². The molecule has 1 N–H and O–H groups in total. The van der Waals surface area contributed by atoms with Crippen LogP contribution >= 0.6 is 15.9 Å². The molecule has 0 saturated heterocycles. The fourth-order valence-electron chi connectivity index (χ4n) is 2.82. The molecule has 0 aliphatic heterocycles. The molecular formula is C17H24BrN. The minimum absolute atomic E-state index is 0.579. The van der Waals surface area contributed by atoms with Gasteiger partial charge in [-0.3, -0.25) is 0 Å². The van der Waals surface area contributed by atoms with Crippen LogP contribution in [-0.4, -0.2) is 12.6 Å². The highest BCUT2D eigenvalue weighted by atomic mass is 79.9. The van der Waals surface area contributed by atoms with Crippen LogP contribution in [0.1, 0.15) is 44.6 Å². The van der Waals surface area contributed by atoms with Gasteiger partial charge >= 0.3 is 0 Å². The normalized spacial score (nSPS) is 17.1. The van der Waals surface area contributed by atoms with Crippen molar-refractivity contribution in [1.82, 2.24) is 5.32 Å². The van der Waals surface area contributed by atoms with Crippen molar-refractivity contribution in [1.29, 1.82) is 0 Å². The van der Waals surface area contributed by atoms with Crippen molar-refractivity contribution in [2.45, 2.75) is 51.5 Å². The molecule has 1 aliphatic carbocycles. The first-order valence-corrected chi connectivity index (χ1v) is 8.23. The Hall–Kier alpha value is -0.600. The first-order valence-electron chi connectivity index (χ1n) is 7.43. The minimum atomic E-state index is 0.579. The maximum absolute atomic E-state index is 3.64. The second-order valence-electron chi connectivity index (χ2n) is 5.40. The monoisotopic (exact) mass is 321 g/mol.